The van der Waals surface area contributed by atoms with Crippen molar-refractivity contribution in [2.24, 2.45) is 0 Å². The molecule has 0 atom stereocenters. The molecule has 19 heavy (non-hydrogen) atoms. The molecule has 0 aliphatic carbocycles. The van der Waals surface area contributed by atoms with Crippen LogP contribution >= 0.6 is 0 Å². The van der Waals surface area contributed by atoms with Gasteiger partial charge in [0.15, 0.2) is 0 Å². The molecule has 0 aromatic heterocycles. The fourth-order valence-corrected chi connectivity index (χ4v) is 4.53. The fraction of sp³-hybridized carbons (Fsp3) is 1.00. The fourth-order valence-electron chi connectivity index (χ4n) is 1.95. The Morgan fingerprint density at radius 3 is 1.68 bits per heavy atom. The molecule has 0 aromatic rings. The van der Waals surface area contributed by atoms with Crippen molar-refractivity contribution in [1.82, 2.24) is 0 Å². The van der Waals surface area contributed by atoms with Crippen molar-refractivity contribution in [3.8, 4) is 0 Å². The molecule has 0 rings (SSSR count). The van der Waals surface area contributed by atoms with Crippen molar-refractivity contribution < 1.29 is 18.0 Å². The molecule has 0 fully saturated rings. The zero-order valence-corrected chi connectivity index (χ0v) is 14.2. The third-order valence-corrected chi connectivity index (χ3v) is 5.91. The predicted octanol–water partition coefficient (Wildman–Crippen LogP) is 3.63. The van der Waals surface area contributed by atoms with Crippen LogP contribution in [0.4, 0.5) is 0 Å². The number of hydrogen-bond acceptors (Lipinski definition) is 4. The van der Waals surface area contributed by atoms with Crippen LogP contribution in [-0.4, -0.2) is 41.8 Å². The van der Waals surface area contributed by atoms with Crippen LogP contribution in [0.5, 0.6) is 0 Å². The van der Waals surface area contributed by atoms with Gasteiger partial charge in [0.1, 0.15) is 0 Å². The number of rotatable bonds is 14. The lowest BCUT2D eigenvalue weighted by atomic mass is 10.3. The van der Waals surface area contributed by atoms with Crippen LogP contribution in [0.1, 0.15) is 53.4 Å². The van der Waals surface area contributed by atoms with E-state index in [0.29, 0.717) is 19.8 Å². The van der Waals surface area contributed by atoms with Crippen LogP contribution in [0.3, 0.4) is 0 Å². The van der Waals surface area contributed by atoms with E-state index in [0.717, 1.165) is 32.1 Å². The van der Waals surface area contributed by atoms with Gasteiger partial charge in [-0.25, -0.2) is 0 Å². The minimum absolute atomic E-state index is 0.642. The third kappa shape index (κ3) is 9.57. The summed E-state index contributed by atoms with van der Waals surface area (Å²) in [4.78, 5) is 0. The van der Waals surface area contributed by atoms with E-state index < -0.39 is 8.80 Å². The van der Waals surface area contributed by atoms with Crippen molar-refractivity contribution in [3.63, 3.8) is 0 Å². The summed E-state index contributed by atoms with van der Waals surface area (Å²) in [6, 6.07) is 0.844. The van der Waals surface area contributed by atoms with Gasteiger partial charge in [-0.1, -0.05) is 19.8 Å². The minimum Gasteiger partial charge on any atom is -0.381 e. The summed E-state index contributed by atoms with van der Waals surface area (Å²) in [6.07, 6.45) is 4.58. The van der Waals surface area contributed by atoms with Crippen LogP contribution in [0.15, 0.2) is 0 Å². The van der Waals surface area contributed by atoms with Crippen LogP contribution < -0.4 is 0 Å². The van der Waals surface area contributed by atoms with Gasteiger partial charge >= 0.3 is 8.80 Å². The first-order chi connectivity index (χ1) is 9.24. The highest BCUT2D eigenvalue weighted by atomic mass is 28.4. The molecule has 0 saturated heterocycles. The Hall–Kier alpha value is 0.0569. The minimum atomic E-state index is -2.45. The number of ether oxygens (including phenoxy) is 1. The van der Waals surface area contributed by atoms with Gasteiger partial charge in [0.25, 0.3) is 0 Å². The van der Waals surface area contributed by atoms with Gasteiger partial charge in [0.2, 0.25) is 0 Å². The summed E-state index contributed by atoms with van der Waals surface area (Å²) >= 11 is 0. The van der Waals surface area contributed by atoms with E-state index in [4.69, 9.17) is 18.0 Å². The highest BCUT2D eigenvalue weighted by molar-refractivity contribution is 6.60. The van der Waals surface area contributed by atoms with E-state index >= 15 is 0 Å². The molecule has 0 heterocycles. The van der Waals surface area contributed by atoms with Crippen molar-refractivity contribution in [2.75, 3.05) is 33.0 Å². The molecule has 0 amide bonds. The van der Waals surface area contributed by atoms with Crippen molar-refractivity contribution in [2.45, 2.75) is 59.4 Å². The first-order valence-corrected chi connectivity index (χ1v) is 9.67. The summed E-state index contributed by atoms with van der Waals surface area (Å²) in [6.45, 7) is 11.7. The molecule has 116 valence electrons. The maximum absolute atomic E-state index is 5.79. The Kier molecular flexibility index (Phi) is 13.1. The van der Waals surface area contributed by atoms with Crippen LogP contribution in [0.2, 0.25) is 6.04 Å². The van der Waals surface area contributed by atoms with Crippen molar-refractivity contribution in [1.29, 1.82) is 0 Å². The normalized spacial score (nSPS) is 12.0. The molecule has 0 aliphatic rings. The smallest absolute Gasteiger partial charge is 0.381 e. The summed E-state index contributed by atoms with van der Waals surface area (Å²) in [5.74, 6) is 0. The van der Waals surface area contributed by atoms with Gasteiger partial charge in [-0.3, -0.25) is 0 Å². The van der Waals surface area contributed by atoms with Gasteiger partial charge < -0.3 is 18.0 Å². The molecule has 0 spiro atoms. The Bertz CT molecular complexity index is 173. The first-order valence-electron chi connectivity index (χ1n) is 7.74. The SMILES string of the molecule is CCCCCOCCC[Si](OCC)(OCC)OCC. The molecule has 0 aliphatic heterocycles. The molecular weight excluding hydrogens is 260 g/mol. The van der Waals surface area contributed by atoms with Gasteiger partial charge in [-0.2, -0.15) is 0 Å². The third-order valence-electron chi connectivity index (χ3n) is 2.76. The largest absolute Gasteiger partial charge is 0.501 e. The lowest BCUT2D eigenvalue weighted by molar-refractivity contribution is 0.0657. The van der Waals surface area contributed by atoms with Gasteiger partial charge in [-0.05, 0) is 33.6 Å². The van der Waals surface area contributed by atoms with E-state index in [1.807, 2.05) is 20.8 Å². The standard InChI is InChI=1S/C14H32O4Si/c1-5-9-10-12-15-13-11-14-19(16-6-2,17-7-3)18-8-4/h5-14H2,1-4H3. The lowest BCUT2D eigenvalue weighted by Gasteiger charge is -2.28. The molecule has 0 N–H and O–H groups in total. The topological polar surface area (TPSA) is 36.9 Å². The maximum Gasteiger partial charge on any atom is 0.501 e. The van der Waals surface area contributed by atoms with Crippen molar-refractivity contribution >= 4 is 8.80 Å². The van der Waals surface area contributed by atoms with Crippen molar-refractivity contribution in [3.05, 3.63) is 0 Å². The zero-order chi connectivity index (χ0) is 14.4. The quantitative estimate of drug-likeness (QED) is 0.362. The lowest BCUT2D eigenvalue weighted by Crippen LogP contribution is -2.46. The Morgan fingerprint density at radius 2 is 1.21 bits per heavy atom. The van der Waals surface area contributed by atoms with E-state index in [1.54, 1.807) is 0 Å². The first kappa shape index (κ1) is 19.1. The molecule has 0 bridgehead atoms. The van der Waals surface area contributed by atoms with Gasteiger partial charge in [0.05, 0.1) is 0 Å². The highest BCUT2D eigenvalue weighted by Gasteiger charge is 2.39. The summed E-state index contributed by atoms with van der Waals surface area (Å²) < 4.78 is 23.0. The predicted molar refractivity (Wildman–Crippen MR) is 80.4 cm³/mol. The molecule has 0 aromatic carbocycles. The van der Waals surface area contributed by atoms with E-state index in [1.165, 1.54) is 12.8 Å². The number of unbranched alkanes of at least 4 members (excludes halogenated alkanes) is 2. The van der Waals surface area contributed by atoms with E-state index in [2.05, 4.69) is 6.92 Å². The molecule has 0 radical (unpaired) electrons. The summed E-state index contributed by atoms with van der Waals surface area (Å²) in [5.41, 5.74) is 0. The van der Waals surface area contributed by atoms with Gasteiger partial charge in [0, 0.05) is 39.1 Å². The average Bonchev–Trinajstić information content (AvgIpc) is 2.39. The average molecular weight is 292 g/mol. The van der Waals surface area contributed by atoms with Crippen LogP contribution in [0.25, 0.3) is 0 Å². The Labute approximate surface area is 120 Å². The second kappa shape index (κ2) is 13.1. The second-order valence-corrected chi connectivity index (χ2v) is 7.14. The molecule has 0 unspecified atom stereocenters. The second-order valence-electron chi connectivity index (χ2n) is 4.41. The van der Waals surface area contributed by atoms with Gasteiger partial charge in [-0.15, -0.1) is 0 Å². The summed E-state index contributed by atoms with van der Waals surface area (Å²) in [7, 11) is -2.45. The molecule has 5 heteroatoms. The maximum atomic E-state index is 5.79. The molecular formula is C14H32O4Si. The Balaban J connectivity index is 3.89. The van der Waals surface area contributed by atoms with Crippen LogP contribution in [0, 0.1) is 0 Å². The van der Waals surface area contributed by atoms with E-state index in [9.17, 15) is 0 Å². The highest BCUT2D eigenvalue weighted by Crippen LogP contribution is 2.18. The van der Waals surface area contributed by atoms with Crippen LogP contribution in [-0.2, 0) is 18.0 Å². The Morgan fingerprint density at radius 1 is 0.684 bits per heavy atom. The molecule has 4 nitrogen and oxygen atoms in total. The zero-order valence-electron chi connectivity index (χ0n) is 13.2. The monoisotopic (exact) mass is 292 g/mol. The van der Waals surface area contributed by atoms with E-state index in [-0.39, 0.29) is 0 Å². The number of hydrogen-bond donors (Lipinski definition) is 0. The molecule has 0 saturated carbocycles. The summed E-state index contributed by atoms with van der Waals surface area (Å²) in [5, 5.41) is 0.